The third-order valence-electron chi connectivity index (χ3n) is 3.19. The number of aliphatic carboxylic acids is 1. The lowest BCUT2D eigenvalue weighted by Crippen LogP contribution is -2.30. The Balaban J connectivity index is 2.30. The van der Waals surface area contributed by atoms with Crippen molar-refractivity contribution in [3.8, 4) is 5.75 Å². The number of nitrogens with one attached hydrogen (secondary N) is 1. The molecule has 1 aromatic carbocycles. The molecular formula is C15H18N2O4. The van der Waals surface area contributed by atoms with Gasteiger partial charge in [-0.25, -0.2) is 9.78 Å². The Kier molecular flexibility index (Phi) is 4.94. The molecule has 2 rings (SSSR count). The molecule has 0 bridgehead atoms. The van der Waals surface area contributed by atoms with Crippen molar-refractivity contribution < 1.29 is 19.4 Å². The summed E-state index contributed by atoms with van der Waals surface area (Å²) in [7, 11) is 3.15. The van der Waals surface area contributed by atoms with Crippen LogP contribution in [0.2, 0.25) is 0 Å². The summed E-state index contributed by atoms with van der Waals surface area (Å²) in [5.41, 5.74) is 0. The van der Waals surface area contributed by atoms with E-state index in [1.807, 2.05) is 24.3 Å². The van der Waals surface area contributed by atoms with E-state index >= 15 is 0 Å². The quantitative estimate of drug-likeness (QED) is 0.813. The number of fused-ring (bicyclic) bond motifs is 1. The van der Waals surface area contributed by atoms with E-state index in [9.17, 15) is 9.90 Å². The molecule has 0 spiro atoms. The lowest BCUT2D eigenvalue weighted by Gasteiger charge is -2.16. The van der Waals surface area contributed by atoms with Gasteiger partial charge in [-0.05, 0) is 29.7 Å². The summed E-state index contributed by atoms with van der Waals surface area (Å²) in [6.07, 6.45) is 2.00. The van der Waals surface area contributed by atoms with Crippen molar-refractivity contribution in [2.24, 2.45) is 0 Å². The van der Waals surface area contributed by atoms with E-state index in [2.05, 4.69) is 10.3 Å². The molecule has 2 aromatic rings. The number of carbonyl (C=O) groups is 1. The largest absolute Gasteiger partial charge is 0.497 e. The van der Waals surface area contributed by atoms with Gasteiger partial charge in [0.25, 0.3) is 0 Å². The number of hydrogen-bond donors (Lipinski definition) is 2. The number of nitrogens with zero attached hydrogens (tertiary/aromatic N) is 1. The first-order valence-electron chi connectivity index (χ1n) is 6.56. The number of pyridine rings is 1. The van der Waals surface area contributed by atoms with E-state index in [-0.39, 0.29) is 0 Å². The van der Waals surface area contributed by atoms with Crippen LogP contribution in [0.4, 0.5) is 5.82 Å². The standard InChI is InChI=1S/C15H18N2O4/c1-20-8-6-13(15(18)19)17-14-12-4-3-11(21-2)9-10(12)5-7-16-14/h3-5,7,9,13H,6,8H2,1-2H3,(H,16,17)(H,18,19). The zero-order valence-corrected chi connectivity index (χ0v) is 12.0. The number of anilines is 1. The van der Waals surface area contributed by atoms with Crippen LogP contribution in [0.15, 0.2) is 30.5 Å². The smallest absolute Gasteiger partial charge is 0.326 e. The minimum absolute atomic E-state index is 0.361. The van der Waals surface area contributed by atoms with E-state index in [1.165, 1.54) is 0 Å². The number of benzene rings is 1. The second kappa shape index (κ2) is 6.90. The molecular weight excluding hydrogens is 272 g/mol. The molecule has 1 unspecified atom stereocenters. The highest BCUT2D eigenvalue weighted by Gasteiger charge is 2.18. The summed E-state index contributed by atoms with van der Waals surface area (Å²) in [6.45, 7) is 0.364. The molecule has 0 saturated carbocycles. The number of methoxy groups -OCH3 is 2. The highest BCUT2D eigenvalue weighted by atomic mass is 16.5. The van der Waals surface area contributed by atoms with Crippen LogP contribution in [0, 0.1) is 0 Å². The van der Waals surface area contributed by atoms with Crippen LogP contribution in [0.3, 0.4) is 0 Å². The van der Waals surface area contributed by atoms with Crippen molar-refractivity contribution in [2.45, 2.75) is 12.5 Å². The number of aromatic nitrogens is 1. The van der Waals surface area contributed by atoms with Crippen LogP contribution in [-0.4, -0.2) is 42.9 Å². The van der Waals surface area contributed by atoms with Gasteiger partial charge >= 0.3 is 5.97 Å². The lowest BCUT2D eigenvalue weighted by atomic mass is 10.1. The van der Waals surface area contributed by atoms with Crippen LogP contribution in [0.25, 0.3) is 10.8 Å². The van der Waals surface area contributed by atoms with E-state index in [0.717, 1.165) is 16.5 Å². The molecule has 1 atom stereocenters. The van der Waals surface area contributed by atoms with E-state index < -0.39 is 12.0 Å². The summed E-state index contributed by atoms with van der Waals surface area (Å²) < 4.78 is 10.1. The molecule has 0 saturated heterocycles. The summed E-state index contributed by atoms with van der Waals surface area (Å²) in [6, 6.07) is 6.67. The molecule has 21 heavy (non-hydrogen) atoms. The third-order valence-corrected chi connectivity index (χ3v) is 3.19. The van der Waals surface area contributed by atoms with Crippen LogP contribution in [0.1, 0.15) is 6.42 Å². The third kappa shape index (κ3) is 3.61. The predicted molar refractivity (Wildman–Crippen MR) is 79.8 cm³/mol. The molecule has 1 aromatic heterocycles. The number of hydrogen-bond acceptors (Lipinski definition) is 5. The number of carboxylic acid groups (broad SMARTS) is 1. The average Bonchev–Trinajstić information content (AvgIpc) is 2.50. The summed E-state index contributed by atoms with van der Waals surface area (Å²) in [5, 5.41) is 14.0. The van der Waals surface area contributed by atoms with Gasteiger partial charge in [-0.1, -0.05) is 0 Å². The Labute approximate surface area is 122 Å². The first-order chi connectivity index (χ1) is 10.2. The zero-order chi connectivity index (χ0) is 15.2. The fourth-order valence-corrected chi connectivity index (χ4v) is 2.06. The lowest BCUT2D eigenvalue weighted by molar-refractivity contribution is -0.138. The average molecular weight is 290 g/mol. The Morgan fingerprint density at radius 1 is 1.38 bits per heavy atom. The number of carboxylic acids is 1. The van der Waals surface area contributed by atoms with E-state index in [1.54, 1.807) is 20.4 Å². The van der Waals surface area contributed by atoms with Crippen molar-refractivity contribution in [2.75, 3.05) is 26.1 Å². The van der Waals surface area contributed by atoms with Crippen molar-refractivity contribution >= 4 is 22.6 Å². The fourth-order valence-electron chi connectivity index (χ4n) is 2.06. The van der Waals surface area contributed by atoms with Crippen LogP contribution in [0.5, 0.6) is 5.75 Å². The van der Waals surface area contributed by atoms with Crippen molar-refractivity contribution in [1.29, 1.82) is 0 Å². The Morgan fingerprint density at radius 2 is 2.19 bits per heavy atom. The normalized spacial score (nSPS) is 12.1. The van der Waals surface area contributed by atoms with Crippen LogP contribution in [-0.2, 0) is 9.53 Å². The van der Waals surface area contributed by atoms with Gasteiger partial charge in [0.15, 0.2) is 0 Å². The molecule has 0 aliphatic rings. The predicted octanol–water partition coefficient (Wildman–Crippen LogP) is 2.14. The van der Waals surface area contributed by atoms with E-state index in [4.69, 9.17) is 9.47 Å². The summed E-state index contributed by atoms with van der Waals surface area (Å²) in [5.74, 6) is 0.354. The van der Waals surface area contributed by atoms with Gasteiger partial charge < -0.3 is 19.9 Å². The maximum absolute atomic E-state index is 11.3. The molecule has 2 N–H and O–H groups in total. The minimum Gasteiger partial charge on any atom is -0.497 e. The van der Waals surface area contributed by atoms with Crippen LogP contribution < -0.4 is 10.1 Å². The van der Waals surface area contributed by atoms with Gasteiger partial charge in [0.1, 0.15) is 17.6 Å². The second-order valence-electron chi connectivity index (χ2n) is 4.56. The van der Waals surface area contributed by atoms with Gasteiger partial charge in [-0.2, -0.15) is 0 Å². The molecule has 6 heteroatoms. The Morgan fingerprint density at radius 3 is 2.86 bits per heavy atom. The fraction of sp³-hybridized carbons (Fsp3) is 0.333. The van der Waals surface area contributed by atoms with Gasteiger partial charge in [0, 0.05) is 31.7 Å². The van der Waals surface area contributed by atoms with Gasteiger partial charge in [0.05, 0.1) is 7.11 Å². The second-order valence-corrected chi connectivity index (χ2v) is 4.56. The molecule has 0 fully saturated rings. The molecule has 1 heterocycles. The molecule has 112 valence electrons. The highest BCUT2D eigenvalue weighted by molar-refractivity contribution is 5.94. The van der Waals surface area contributed by atoms with Gasteiger partial charge in [-0.15, -0.1) is 0 Å². The Bertz CT molecular complexity index is 630. The summed E-state index contributed by atoms with van der Waals surface area (Å²) in [4.78, 5) is 15.5. The van der Waals surface area contributed by atoms with Gasteiger partial charge in [0.2, 0.25) is 0 Å². The highest BCUT2D eigenvalue weighted by Crippen LogP contribution is 2.25. The minimum atomic E-state index is -0.931. The first-order valence-corrected chi connectivity index (χ1v) is 6.56. The number of rotatable bonds is 7. The summed E-state index contributed by atoms with van der Waals surface area (Å²) >= 11 is 0. The molecule has 6 nitrogen and oxygen atoms in total. The van der Waals surface area contributed by atoms with Crippen molar-refractivity contribution in [3.63, 3.8) is 0 Å². The topological polar surface area (TPSA) is 80.7 Å². The first kappa shape index (κ1) is 15.1. The van der Waals surface area contributed by atoms with Crippen molar-refractivity contribution in [1.82, 2.24) is 4.98 Å². The Hall–Kier alpha value is -2.34. The van der Waals surface area contributed by atoms with Crippen LogP contribution >= 0.6 is 0 Å². The maximum atomic E-state index is 11.3. The van der Waals surface area contributed by atoms with Crippen molar-refractivity contribution in [3.05, 3.63) is 30.5 Å². The SMILES string of the molecule is COCCC(Nc1nccc2cc(OC)ccc12)C(=O)O. The molecule has 0 amide bonds. The monoisotopic (exact) mass is 290 g/mol. The molecule has 0 radical (unpaired) electrons. The zero-order valence-electron chi connectivity index (χ0n) is 12.0. The van der Waals surface area contributed by atoms with Gasteiger partial charge in [-0.3, -0.25) is 0 Å². The maximum Gasteiger partial charge on any atom is 0.326 e. The molecule has 0 aliphatic heterocycles. The van der Waals surface area contributed by atoms with E-state index in [0.29, 0.717) is 18.8 Å². The number of ether oxygens (including phenoxy) is 2. The molecule has 0 aliphatic carbocycles.